The van der Waals surface area contributed by atoms with E-state index in [1.165, 1.54) is 19.1 Å². The second-order valence-electron chi connectivity index (χ2n) is 4.21. The van der Waals surface area contributed by atoms with Gasteiger partial charge in [-0.05, 0) is 24.6 Å². The second-order valence-corrected chi connectivity index (χ2v) is 5.07. The second kappa shape index (κ2) is 6.38. The van der Waals surface area contributed by atoms with E-state index in [1.54, 1.807) is 6.07 Å². The van der Waals surface area contributed by atoms with Crippen molar-refractivity contribution in [2.75, 3.05) is 0 Å². The third kappa shape index (κ3) is 5.61. The van der Waals surface area contributed by atoms with Gasteiger partial charge in [-0.2, -0.15) is 13.2 Å². The van der Waals surface area contributed by atoms with E-state index in [9.17, 15) is 18.0 Å². The van der Waals surface area contributed by atoms with Crippen molar-refractivity contribution in [3.63, 3.8) is 0 Å². The Hall–Kier alpha value is -1.08. The van der Waals surface area contributed by atoms with Crippen LogP contribution in [0, 0.1) is 0 Å². The Morgan fingerprint density at radius 2 is 2.11 bits per heavy atom. The van der Waals surface area contributed by atoms with Crippen molar-refractivity contribution >= 4 is 21.9 Å². The summed E-state index contributed by atoms with van der Waals surface area (Å²) in [5.41, 5.74) is 0.831. The summed E-state index contributed by atoms with van der Waals surface area (Å²) in [6.07, 6.45) is -5.10. The van der Waals surface area contributed by atoms with Gasteiger partial charge in [0.15, 0.2) is 0 Å². The zero-order valence-electron chi connectivity index (χ0n) is 10.1. The van der Waals surface area contributed by atoms with Gasteiger partial charge in [-0.1, -0.05) is 22.0 Å². The molecular weight excluding hydrogens is 327 g/mol. The molecule has 0 amide bonds. The Morgan fingerprint density at radius 1 is 1.47 bits per heavy atom. The maximum Gasteiger partial charge on any atom is 0.390 e. The molecular formula is C12H13BrF3NO2. The highest BCUT2D eigenvalue weighted by atomic mass is 79.9. The average Bonchev–Trinajstić information content (AvgIpc) is 2.24. The van der Waals surface area contributed by atoms with Crippen LogP contribution < -0.4 is 5.32 Å². The van der Waals surface area contributed by atoms with Gasteiger partial charge in [-0.15, -0.1) is 0 Å². The molecule has 106 valence electrons. The van der Waals surface area contributed by atoms with Gasteiger partial charge in [-0.3, -0.25) is 0 Å². The predicted molar refractivity (Wildman–Crippen MR) is 68.1 cm³/mol. The molecule has 0 saturated heterocycles. The lowest BCUT2D eigenvalue weighted by Gasteiger charge is -2.16. The van der Waals surface area contributed by atoms with Crippen LogP contribution in [0.15, 0.2) is 22.7 Å². The van der Waals surface area contributed by atoms with Crippen molar-refractivity contribution in [3.05, 3.63) is 33.8 Å². The van der Waals surface area contributed by atoms with E-state index in [2.05, 4.69) is 21.2 Å². The van der Waals surface area contributed by atoms with Gasteiger partial charge in [-0.25, -0.2) is 4.79 Å². The molecule has 1 aromatic carbocycles. The van der Waals surface area contributed by atoms with Gasteiger partial charge in [0.05, 0.1) is 12.0 Å². The number of aromatic carboxylic acids is 1. The number of hydrogen-bond donors (Lipinski definition) is 2. The van der Waals surface area contributed by atoms with Gasteiger partial charge in [0.1, 0.15) is 0 Å². The van der Waals surface area contributed by atoms with Crippen molar-refractivity contribution in [1.29, 1.82) is 0 Å². The zero-order chi connectivity index (χ0) is 14.6. The summed E-state index contributed by atoms with van der Waals surface area (Å²) < 4.78 is 37.0. The first kappa shape index (κ1) is 16.0. The van der Waals surface area contributed by atoms with Gasteiger partial charge in [0, 0.05) is 17.1 Å². The molecule has 19 heavy (non-hydrogen) atoms. The molecule has 1 atom stereocenters. The Balaban J connectivity index is 2.61. The minimum atomic E-state index is -4.20. The van der Waals surface area contributed by atoms with Crippen LogP contribution in [0.3, 0.4) is 0 Å². The first-order valence-electron chi connectivity index (χ1n) is 5.51. The molecule has 1 rings (SSSR count). The predicted octanol–water partition coefficient (Wildman–Crippen LogP) is 3.58. The molecule has 3 nitrogen and oxygen atoms in total. The fraction of sp³-hybridized carbons (Fsp3) is 0.417. The van der Waals surface area contributed by atoms with Gasteiger partial charge < -0.3 is 10.4 Å². The van der Waals surface area contributed by atoms with Gasteiger partial charge in [0.2, 0.25) is 0 Å². The van der Waals surface area contributed by atoms with Crippen LogP contribution in [0.25, 0.3) is 0 Å². The molecule has 0 fully saturated rings. The van der Waals surface area contributed by atoms with Crippen LogP contribution in [0.5, 0.6) is 0 Å². The fourth-order valence-electron chi connectivity index (χ4n) is 1.53. The van der Waals surface area contributed by atoms with E-state index < -0.39 is 24.6 Å². The van der Waals surface area contributed by atoms with Crippen LogP contribution in [0.2, 0.25) is 0 Å². The molecule has 0 radical (unpaired) electrons. The molecule has 0 aliphatic carbocycles. The number of carboxylic acids is 1. The number of hydrogen-bond acceptors (Lipinski definition) is 2. The Kier molecular flexibility index (Phi) is 5.37. The average molecular weight is 340 g/mol. The van der Waals surface area contributed by atoms with Gasteiger partial charge >= 0.3 is 12.1 Å². The molecule has 0 bridgehead atoms. The monoisotopic (exact) mass is 339 g/mol. The van der Waals surface area contributed by atoms with Crippen LogP contribution in [-0.2, 0) is 6.54 Å². The maximum atomic E-state index is 12.1. The highest BCUT2D eigenvalue weighted by Crippen LogP contribution is 2.22. The normalized spacial score (nSPS) is 13.3. The number of rotatable bonds is 5. The van der Waals surface area contributed by atoms with E-state index in [0.717, 1.165) is 0 Å². The number of carboxylic acid groups (broad SMARTS) is 1. The molecule has 0 aromatic heterocycles. The summed E-state index contributed by atoms with van der Waals surface area (Å²) in [7, 11) is 0. The minimum Gasteiger partial charge on any atom is -0.478 e. The molecule has 1 aromatic rings. The highest BCUT2D eigenvalue weighted by Gasteiger charge is 2.29. The largest absolute Gasteiger partial charge is 0.478 e. The molecule has 0 saturated carbocycles. The molecule has 0 aliphatic rings. The molecule has 7 heteroatoms. The van der Waals surface area contributed by atoms with Crippen molar-refractivity contribution in [2.24, 2.45) is 0 Å². The third-order valence-electron chi connectivity index (χ3n) is 2.48. The quantitative estimate of drug-likeness (QED) is 0.862. The van der Waals surface area contributed by atoms with E-state index in [4.69, 9.17) is 5.11 Å². The highest BCUT2D eigenvalue weighted by molar-refractivity contribution is 9.10. The summed E-state index contributed by atoms with van der Waals surface area (Å²) in [5.74, 6) is -1.05. The van der Waals surface area contributed by atoms with Crippen LogP contribution in [-0.4, -0.2) is 23.3 Å². The van der Waals surface area contributed by atoms with Crippen LogP contribution >= 0.6 is 15.9 Å². The van der Waals surface area contributed by atoms with E-state index in [-0.39, 0.29) is 12.1 Å². The fourth-order valence-corrected chi connectivity index (χ4v) is 2.05. The van der Waals surface area contributed by atoms with Gasteiger partial charge in [0.25, 0.3) is 0 Å². The Labute approximate surface area is 116 Å². The van der Waals surface area contributed by atoms with Crippen molar-refractivity contribution in [3.8, 4) is 0 Å². The van der Waals surface area contributed by atoms with E-state index in [1.807, 2.05) is 0 Å². The topological polar surface area (TPSA) is 49.3 Å². The Bertz CT molecular complexity index is 463. The summed E-state index contributed by atoms with van der Waals surface area (Å²) in [4.78, 5) is 10.7. The van der Waals surface area contributed by atoms with Crippen molar-refractivity contribution in [1.82, 2.24) is 5.32 Å². The molecule has 0 spiro atoms. The minimum absolute atomic E-state index is 0.124. The number of halogens is 4. The SMILES string of the molecule is CC(CC(F)(F)F)NCc1ccc(C(=O)O)cc1Br. The molecule has 0 heterocycles. The number of nitrogens with one attached hydrogen (secondary N) is 1. The number of carbonyl (C=O) groups is 1. The Morgan fingerprint density at radius 3 is 2.58 bits per heavy atom. The summed E-state index contributed by atoms with van der Waals surface area (Å²) in [6.45, 7) is 1.69. The first-order valence-corrected chi connectivity index (χ1v) is 6.30. The maximum absolute atomic E-state index is 12.1. The van der Waals surface area contributed by atoms with E-state index in [0.29, 0.717) is 10.0 Å². The van der Waals surface area contributed by atoms with E-state index >= 15 is 0 Å². The lowest BCUT2D eigenvalue weighted by atomic mass is 10.1. The molecule has 2 N–H and O–H groups in total. The van der Waals surface area contributed by atoms with Crippen molar-refractivity contribution in [2.45, 2.75) is 32.1 Å². The van der Waals surface area contributed by atoms with Crippen LogP contribution in [0.1, 0.15) is 29.3 Å². The molecule has 1 unspecified atom stereocenters. The van der Waals surface area contributed by atoms with Crippen LogP contribution in [0.4, 0.5) is 13.2 Å². The zero-order valence-corrected chi connectivity index (χ0v) is 11.7. The third-order valence-corrected chi connectivity index (χ3v) is 3.22. The number of benzene rings is 1. The smallest absolute Gasteiger partial charge is 0.390 e. The summed E-state index contributed by atoms with van der Waals surface area (Å²) in [5, 5.41) is 11.5. The lowest BCUT2D eigenvalue weighted by Crippen LogP contribution is -2.30. The standard InChI is InChI=1S/C12H13BrF3NO2/c1-7(5-12(14,15)16)17-6-9-3-2-8(11(18)19)4-10(9)13/h2-4,7,17H,5-6H2,1H3,(H,18,19). The van der Waals surface area contributed by atoms with Crippen molar-refractivity contribution < 1.29 is 23.1 Å². The first-order chi connectivity index (χ1) is 8.69. The summed E-state index contributed by atoms with van der Waals surface area (Å²) >= 11 is 3.20. The lowest BCUT2D eigenvalue weighted by molar-refractivity contribution is -0.139. The summed E-state index contributed by atoms with van der Waals surface area (Å²) in [6, 6.07) is 3.71. The number of alkyl halides is 3. The molecule has 0 aliphatic heterocycles.